The van der Waals surface area contributed by atoms with Crippen LogP contribution in [0, 0.1) is 17.0 Å². The lowest BCUT2D eigenvalue weighted by Crippen LogP contribution is -2.31. The van der Waals surface area contributed by atoms with Crippen LogP contribution in [0.1, 0.15) is 47.5 Å². The Bertz CT molecular complexity index is 1310. The maximum absolute atomic E-state index is 15.2. The van der Waals surface area contributed by atoms with Crippen molar-refractivity contribution in [2.45, 2.75) is 39.2 Å². The highest BCUT2D eigenvalue weighted by atomic mass is 19.1. The largest absolute Gasteiger partial charge is 0.379 e. The van der Waals surface area contributed by atoms with Crippen molar-refractivity contribution in [3.63, 3.8) is 0 Å². The molecule has 5 rings (SSSR count). The molecule has 0 spiro atoms. The molecule has 0 unspecified atom stereocenters. The van der Waals surface area contributed by atoms with Crippen molar-refractivity contribution in [2.24, 2.45) is 11.1 Å². The summed E-state index contributed by atoms with van der Waals surface area (Å²) in [7, 11) is 0. The number of fused-ring (bicyclic) bond motifs is 3. The third-order valence-corrected chi connectivity index (χ3v) is 6.47. The number of carbonyl (C=O) groups is 2. The molecule has 8 heteroatoms. The lowest BCUT2D eigenvalue weighted by Gasteiger charge is -2.30. The van der Waals surface area contributed by atoms with Gasteiger partial charge in [0.1, 0.15) is 11.6 Å². The monoisotopic (exact) mass is 453 g/mol. The van der Waals surface area contributed by atoms with Gasteiger partial charge in [-0.15, -0.1) is 0 Å². The summed E-state index contributed by atoms with van der Waals surface area (Å²) in [5.74, 6) is -2.20. The van der Waals surface area contributed by atoms with Crippen molar-refractivity contribution < 1.29 is 23.1 Å². The Labute approximate surface area is 189 Å². The van der Waals surface area contributed by atoms with E-state index in [1.165, 1.54) is 18.2 Å². The van der Waals surface area contributed by atoms with Crippen molar-refractivity contribution in [3.05, 3.63) is 53.2 Å². The summed E-state index contributed by atoms with van der Waals surface area (Å²) in [4.78, 5) is 25.1. The molecule has 0 saturated carbocycles. The zero-order valence-electron chi connectivity index (χ0n) is 18.5. The van der Waals surface area contributed by atoms with Crippen LogP contribution in [0.15, 0.2) is 30.3 Å². The van der Waals surface area contributed by atoms with Crippen LogP contribution in [0.4, 0.5) is 14.5 Å². The van der Waals surface area contributed by atoms with Gasteiger partial charge in [-0.3, -0.25) is 14.2 Å². The Morgan fingerprint density at radius 2 is 2.00 bits per heavy atom. The van der Waals surface area contributed by atoms with Crippen LogP contribution in [0.5, 0.6) is 0 Å². The Morgan fingerprint density at radius 3 is 2.70 bits per heavy atom. The molecular formula is C25H25F2N3O3. The second-order valence-electron chi connectivity index (χ2n) is 9.68. The van der Waals surface area contributed by atoms with Crippen molar-refractivity contribution >= 4 is 28.4 Å². The molecular weight excluding hydrogens is 428 g/mol. The van der Waals surface area contributed by atoms with Crippen molar-refractivity contribution in [2.75, 3.05) is 18.5 Å². The van der Waals surface area contributed by atoms with Gasteiger partial charge in [-0.05, 0) is 54.2 Å². The smallest absolute Gasteiger partial charge is 0.253 e. The highest BCUT2D eigenvalue weighted by molar-refractivity contribution is 6.06. The molecule has 1 atom stereocenters. The normalized spacial score (nSPS) is 19.6. The number of hydrogen-bond acceptors (Lipinski definition) is 4. The van der Waals surface area contributed by atoms with E-state index >= 15 is 4.39 Å². The van der Waals surface area contributed by atoms with Crippen LogP contribution < -0.4 is 11.1 Å². The van der Waals surface area contributed by atoms with Crippen LogP contribution >= 0.6 is 0 Å². The van der Waals surface area contributed by atoms with Gasteiger partial charge >= 0.3 is 0 Å². The van der Waals surface area contributed by atoms with E-state index in [4.69, 9.17) is 10.5 Å². The van der Waals surface area contributed by atoms with Gasteiger partial charge in [-0.25, -0.2) is 8.78 Å². The van der Waals surface area contributed by atoms with Gasteiger partial charge in [0.05, 0.1) is 29.4 Å². The quantitative estimate of drug-likeness (QED) is 0.609. The fourth-order valence-corrected chi connectivity index (χ4v) is 5.08. The number of hydrogen-bond donors (Lipinski definition) is 2. The topological polar surface area (TPSA) is 86.4 Å². The number of carbonyl (C=O) groups excluding carboxylic acids is 2. The summed E-state index contributed by atoms with van der Waals surface area (Å²) in [6, 6.07) is 7.16. The summed E-state index contributed by atoms with van der Waals surface area (Å²) >= 11 is 0. The number of amides is 1. The zero-order valence-corrected chi connectivity index (χ0v) is 18.5. The van der Waals surface area contributed by atoms with E-state index in [1.807, 2.05) is 13.8 Å². The van der Waals surface area contributed by atoms with E-state index in [0.29, 0.717) is 53.8 Å². The van der Waals surface area contributed by atoms with Crippen LogP contribution in [0.3, 0.4) is 0 Å². The Morgan fingerprint density at radius 1 is 1.21 bits per heavy atom. The Kier molecular flexibility index (Phi) is 5.01. The molecule has 3 heterocycles. The second-order valence-corrected chi connectivity index (χ2v) is 9.68. The van der Waals surface area contributed by atoms with Crippen molar-refractivity contribution in [1.82, 2.24) is 4.57 Å². The van der Waals surface area contributed by atoms with E-state index in [0.717, 1.165) is 6.42 Å². The second kappa shape index (κ2) is 7.66. The maximum atomic E-state index is 15.2. The van der Waals surface area contributed by atoms with Crippen molar-refractivity contribution in [3.8, 4) is 11.1 Å². The highest BCUT2D eigenvalue weighted by Crippen LogP contribution is 2.44. The van der Waals surface area contributed by atoms with Gasteiger partial charge in [0.25, 0.3) is 5.91 Å². The van der Waals surface area contributed by atoms with Gasteiger partial charge < -0.3 is 15.8 Å². The van der Waals surface area contributed by atoms with Crippen LogP contribution in [-0.2, 0) is 11.2 Å². The minimum Gasteiger partial charge on any atom is -0.379 e. The summed E-state index contributed by atoms with van der Waals surface area (Å²) < 4.78 is 36.3. The third-order valence-electron chi connectivity index (χ3n) is 6.47. The summed E-state index contributed by atoms with van der Waals surface area (Å²) in [6.45, 7) is 5.02. The van der Waals surface area contributed by atoms with Gasteiger partial charge in [0.15, 0.2) is 0 Å². The van der Waals surface area contributed by atoms with E-state index in [-0.39, 0.29) is 28.6 Å². The van der Waals surface area contributed by atoms with E-state index < -0.39 is 17.5 Å². The minimum absolute atomic E-state index is 0.0768. The fraction of sp³-hybridized carbons (Fsp3) is 0.360. The Hall–Kier alpha value is -3.26. The molecule has 3 N–H and O–H groups in total. The molecule has 6 nitrogen and oxygen atoms in total. The lowest BCUT2D eigenvalue weighted by molar-refractivity contribution is 0.0816. The number of benzene rings is 2. The van der Waals surface area contributed by atoms with E-state index in [9.17, 15) is 14.0 Å². The average Bonchev–Trinajstić information content (AvgIpc) is 3.31. The maximum Gasteiger partial charge on any atom is 0.253 e. The molecule has 1 fully saturated rings. The lowest BCUT2D eigenvalue weighted by atomic mass is 9.80. The first-order chi connectivity index (χ1) is 15.6. The summed E-state index contributed by atoms with van der Waals surface area (Å²) in [6.07, 6.45) is 1.60. The standard InChI is InChI=1S/C25H25F2N3O3/c1-25(2)10-20-22(16-4-3-14(26)9-19(16)30(20)21(31)11-25)13-7-17(27)23(24(28)32)18(8-13)29-15-5-6-33-12-15/h3-4,7-9,15,29H,5-6,10-12H2,1-2H3,(H2,28,32)/t15-/m0/s1. The molecule has 2 aromatic carbocycles. The van der Waals surface area contributed by atoms with E-state index in [2.05, 4.69) is 5.32 Å². The number of halogens is 2. The first-order valence-corrected chi connectivity index (χ1v) is 11.0. The SMILES string of the molecule is CC1(C)CC(=O)n2c(c(-c3cc(F)c(C(N)=O)c(N[C@H]4CCOC4)c3)c3ccc(F)cc32)C1. The van der Waals surface area contributed by atoms with Gasteiger partial charge in [-0.2, -0.15) is 0 Å². The third kappa shape index (κ3) is 3.68. The number of ether oxygens (including phenoxy) is 1. The fourth-order valence-electron chi connectivity index (χ4n) is 5.08. The molecule has 1 amide bonds. The number of aromatic nitrogens is 1. The molecule has 0 radical (unpaired) electrons. The molecule has 1 aromatic heterocycles. The molecule has 0 bridgehead atoms. The van der Waals surface area contributed by atoms with E-state index in [1.54, 1.807) is 16.7 Å². The molecule has 3 aromatic rings. The summed E-state index contributed by atoms with van der Waals surface area (Å²) in [5.41, 5.74) is 7.57. The zero-order chi connectivity index (χ0) is 23.5. The first-order valence-electron chi connectivity index (χ1n) is 11.0. The molecule has 172 valence electrons. The molecule has 33 heavy (non-hydrogen) atoms. The number of nitrogens with one attached hydrogen (secondary N) is 1. The average molecular weight is 453 g/mol. The predicted octanol–water partition coefficient (Wildman–Crippen LogP) is 4.50. The Balaban J connectivity index is 1.77. The molecule has 2 aliphatic heterocycles. The number of nitrogens with two attached hydrogens (primary N) is 1. The van der Waals surface area contributed by atoms with Crippen molar-refractivity contribution in [1.29, 1.82) is 0 Å². The number of rotatable bonds is 4. The minimum atomic E-state index is -0.873. The van der Waals surface area contributed by atoms with Gasteiger partial charge in [-0.1, -0.05) is 13.8 Å². The molecule has 2 aliphatic rings. The van der Waals surface area contributed by atoms with Crippen LogP contribution in [0.25, 0.3) is 22.0 Å². The number of nitrogens with zero attached hydrogens (tertiary/aromatic N) is 1. The number of primary amides is 1. The van der Waals surface area contributed by atoms with Crippen LogP contribution in [0.2, 0.25) is 0 Å². The highest BCUT2D eigenvalue weighted by Gasteiger charge is 2.35. The predicted molar refractivity (Wildman–Crippen MR) is 121 cm³/mol. The number of anilines is 1. The van der Waals surface area contributed by atoms with Crippen LogP contribution in [-0.4, -0.2) is 35.6 Å². The van der Waals surface area contributed by atoms with Gasteiger partial charge in [0, 0.05) is 29.7 Å². The summed E-state index contributed by atoms with van der Waals surface area (Å²) in [5, 5.41) is 3.85. The first kappa shape index (κ1) is 21.6. The molecule has 1 saturated heterocycles. The van der Waals surface area contributed by atoms with Gasteiger partial charge in [0.2, 0.25) is 5.91 Å². The molecule has 0 aliphatic carbocycles.